The van der Waals surface area contributed by atoms with E-state index in [0.29, 0.717) is 18.5 Å². The molecule has 0 bridgehead atoms. The first-order chi connectivity index (χ1) is 8.63. The number of amides is 1. The zero-order valence-electron chi connectivity index (χ0n) is 10.3. The highest BCUT2D eigenvalue weighted by Gasteiger charge is 2.20. The van der Waals surface area contributed by atoms with Gasteiger partial charge in [-0.3, -0.25) is 4.79 Å². The topological polar surface area (TPSA) is 107 Å². The van der Waals surface area contributed by atoms with E-state index in [9.17, 15) is 9.59 Å². The van der Waals surface area contributed by atoms with Crippen LogP contribution in [0.2, 0.25) is 0 Å². The largest absolute Gasteiger partial charge is 0.480 e. The van der Waals surface area contributed by atoms with Crippen molar-refractivity contribution in [1.82, 2.24) is 20.6 Å². The van der Waals surface area contributed by atoms with E-state index >= 15 is 0 Å². The van der Waals surface area contributed by atoms with Crippen molar-refractivity contribution in [2.24, 2.45) is 0 Å². The molecule has 7 nitrogen and oxygen atoms in total. The van der Waals surface area contributed by atoms with E-state index in [1.54, 1.807) is 13.2 Å². The summed E-state index contributed by atoms with van der Waals surface area (Å²) in [7, 11) is 1.80. The Morgan fingerprint density at radius 2 is 2.33 bits per heavy atom. The van der Waals surface area contributed by atoms with Crippen molar-refractivity contribution < 1.29 is 14.7 Å². The molecule has 0 aliphatic heterocycles. The van der Waals surface area contributed by atoms with Crippen LogP contribution in [-0.4, -0.2) is 46.6 Å². The minimum absolute atomic E-state index is 0.201. The maximum atomic E-state index is 11.5. The Kier molecular flexibility index (Phi) is 5.86. The molecule has 1 aromatic heterocycles. The van der Waals surface area contributed by atoms with Crippen LogP contribution in [0.5, 0.6) is 0 Å². The number of carbonyl (C=O) groups is 2. The van der Waals surface area contributed by atoms with Gasteiger partial charge in [0.25, 0.3) is 0 Å². The standard InChI is InChI=1S/C11H18N4O3/c1-12-4-2-3-10(16)15-9(11(17)18)5-8-6-13-7-14-8/h6-7,9,12H,2-5H2,1H3,(H,13,14)(H,15,16)(H,17,18)/t9-/m1/s1. The van der Waals surface area contributed by atoms with Crippen LogP contribution in [0.3, 0.4) is 0 Å². The fourth-order valence-electron chi connectivity index (χ4n) is 1.51. The number of carboxylic acid groups (broad SMARTS) is 1. The summed E-state index contributed by atoms with van der Waals surface area (Å²) in [5, 5.41) is 14.5. The molecular weight excluding hydrogens is 236 g/mol. The number of carbonyl (C=O) groups excluding carboxylic acids is 1. The van der Waals surface area contributed by atoms with Gasteiger partial charge in [0.1, 0.15) is 6.04 Å². The van der Waals surface area contributed by atoms with Crippen LogP contribution >= 0.6 is 0 Å². The SMILES string of the molecule is CNCCCC(=O)N[C@H](Cc1cnc[nH]1)C(=O)O. The Hall–Kier alpha value is -1.89. The van der Waals surface area contributed by atoms with Gasteiger partial charge in [0, 0.05) is 24.7 Å². The lowest BCUT2D eigenvalue weighted by molar-refractivity contribution is -0.141. The number of H-pyrrole nitrogens is 1. The monoisotopic (exact) mass is 254 g/mol. The summed E-state index contributed by atoms with van der Waals surface area (Å²) in [6.45, 7) is 0.728. The van der Waals surface area contributed by atoms with Gasteiger partial charge in [0.2, 0.25) is 5.91 Å². The van der Waals surface area contributed by atoms with Crippen LogP contribution in [0.25, 0.3) is 0 Å². The van der Waals surface area contributed by atoms with Gasteiger partial charge < -0.3 is 20.7 Å². The normalized spacial score (nSPS) is 12.1. The number of hydrogen-bond acceptors (Lipinski definition) is 4. The molecule has 1 heterocycles. The number of hydrogen-bond donors (Lipinski definition) is 4. The summed E-state index contributed by atoms with van der Waals surface area (Å²) in [6, 6.07) is -0.924. The van der Waals surface area contributed by atoms with Gasteiger partial charge in [-0.25, -0.2) is 9.78 Å². The van der Waals surface area contributed by atoms with E-state index < -0.39 is 12.0 Å². The lowest BCUT2D eigenvalue weighted by Gasteiger charge is -2.13. The molecule has 100 valence electrons. The predicted octanol–water partition coefficient (Wildman–Crippen LogP) is -0.479. The number of nitrogens with zero attached hydrogens (tertiary/aromatic N) is 1. The smallest absolute Gasteiger partial charge is 0.326 e. The van der Waals surface area contributed by atoms with Crippen molar-refractivity contribution in [3.8, 4) is 0 Å². The molecule has 0 aliphatic rings. The van der Waals surface area contributed by atoms with E-state index in [4.69, 9.17) is 5.11 Å². The average molecular weight is 254 g/mol. The third-order valence-electron chi connectivity index (χ3n) is 2.44. The summed E-state index contributed by atoms with van der Waals surface area (Å²) in [5.41, 5.74) is 0.679. The Labute approximate surface area is 105 Å². The van der Waals surface area contributed by atoms with E-state index in [2.05, 4.69) is 20.6 Å². The molecule has 0 saturated carbocycles. The molecule has 0 saturated heterocycles. The second-order valence-corrected chi connectivity index (χ2v) is 3.95. The van der Waals surface area contributed by atoms with Crippen molar-refractivity contribution in [2.45, 2.75) is 25.3 Å². The Bertz CT molecular complexity index is 378. The molecule has 18 heavy (non-hydrogen) atoms. The van der Waals surface area contributed by atoms with Gasteiger partial charge in [-0.15, -0.1) is 0 Å². The van der Waals surface area contributed by atoms with Crippen molar-refractivity contribution in [2.75, 3.05) is 13.6 Å². The molecular formula is C11H18N4O3. The molecule has 7 heteroatoms. The van der Waals surface area contributed by atoms with E-state index in [1.165, 1.54) is 6.33 Å². The third kappa shape index (κ3) is 4.96. The molecule has 0 spiro atoms. The maximum absolute atomic E-state index is 11.5. The number of aromatic nitrogens is 2. The Balaban J connectivity index is 2.42. The van der Waals surface area contributed by atoms with Crippen molar-refractivity contribution >= 4 is 11.9 Å². The van der Waals surface area contributed by atoms with E-state index in [1.807, 2.05) is 0 Å². The van der Waals surface area contributed by atoms with Crippen LogP contribution < -0.4 is 10.6 Å². The molecule has 0 radical (unpaired) electrons. The van der Waals surface area contributed by atoms with Crippen LogP contribution in [0, 0.1) is 0 Å². The summed E-state index contributed by atoms with van der Waals surface area (Å²) in [4.78, 5) is 29.2. The van der Waals surface area contributed by atoms with Gasteiger partial charge in [-0.2, -0.15) is 0 Å². The minimum atomic E-state index is -1.05. The van der Waals surface area contributed by atoms with Crippen LogP contribution in [0.4, 0.5) is 0 Å². The van der Waals surface area contributed by atoms with Gasteiger partial charge in [-0.1, -0.05) is 0 Å². The molecule has 1 rings (SSSR count). The Morgan fingerprint density at radius 3 is 2.89 bits per heavy atom. The lowest BCUT2D eigenvalue weighted by Crippen LogP contribution is -2.42. The number of carboxylic acids is 1. The highest BCUT2D eigenvalue weighted by molar-refractivity contribution is 5.83. The molecule has 0 unspecified atom stereocenters. The molecule has 1 amide bonds. The summed E-state index contributed by atoms with van der Waals surface area (Å²) in [6.07, 6.45) is 4.21. The van der Waals surface area contributed by atoms with Gasteiger partial charge in [0.05, 0.1) is 6.33 Å². The van der Waals surface area contributed by atoms with E-state index in [-0.39, 0.29) is 12.3 Å². The van der Waals surface area contributed by atoms with Crippen LogP contribution in [0.1, 0.15) is 18.5 Å². The molecule has 4 N–H and O–H groups in total. The van der Waals surface area contributed by atoms with Crippen LogP contribution in [0.15, 0.2) is 12.5 Å². The number of aromatic amines is 1. The first kappa shape index (κ1) is 14.2. The fourth-order valence-corrected chi connectivity index (χ4v) is 1.51. The molecule has 0 fully saturated rings. The van der Waals surface area contributed by atoms with Crippen LogP contribution in [-0.2, 0) is 16.0 Å². The zero-order chi connectivity index (χ0) is 13.4. The summed E-state index contributed by atoms with van der Waals surface area (Å²) in [5.74, 6) is -1.30. The second-order valence-electron chi connectivity index (χ2n) is 3.95. The fraction of sp³-hybridized carbons (Fsp3) is 0.545. The molecule has 0 aromatic carbocycles. The average Bonchev–Trinajstić information content (AvgIpc) is 2.81. The lowest BCUT2D eigenvalue weighted by atomic mass is 10.1. The van der Waals surface area contributed by atoms with Crippen molar-refractivity contribution in [3.63, 3.8) is 0 Å². The first-order valence-electron chi connectivity index (χ1n) is 5.77. The highest BCUT2D eigenvalue weighted by Crippen LogP contribution is 2.00. The second kappa shape index (κ2) is 7.44. The van der Waals surface area contributed by atoms with Crippen molar-refractivity contribution in [1.29, 1.82) is 0 Å². The van der Waals surface area contributed by atoms with E-state index in [0.717, 1.165) is 6.54 Å². The number of imidazole rings is 1. The molecule has 1 atom stereocenters. The van der Waals surface area contributed by atoms with Crippen molar-refractivity contribution in [3.05, 3.63) is 18.2 Å². The van der Waals surface area contributed by atoms with Gasteiger partial charge >= 0.3 is 5.97 Å². The van der Waals surface area contributed by atoms with Gasteiger partial charge in [-0.05, 0) is 20.0 Å². The zero-order valence-corrected chi connectivity index (χ0v) is 10.3. The quantitative estimate of drug-likeness (QED) is 0.469. The highest BCUT2D eigenvalue weighted by atomic mass is 16.4. The minimum Gasteiger partial charge on any atom is -0.480 e. The third-order valence-corrected chi connectivity index (χ3v) is 2.44. The number of nitrogens with one attached hydrogen (secondary N) is 3. The first-order valence-corrected chi connectivity index (χ1v) is 5.77. The van der Waals surface area contributed by atoms with Gasteiger partial charge in [0.15, 0.2) is 0 Å². The molecule has 1 aromatic rings. The number of aliphatic carboxylic acids is 1. The Morgan fingerprint density at radius 1 is 1.56 bits per heavy atom. The number of rotatable bonds is 8. The summed E-state index contributed by atoms with van der Waals surface area (Å²) >= 11 is 0. The maximum Gasteiger partial charge on any atom is 0.326 e. The molecule has 0 aliphatic carbocycles. The summed E-state index contributed by atoms with van der Waals surface area (Å²) < 4.78 is 0. The predicted molar refractivity (Wildman–Crippen MR) is 65.0 cm³/mol.